The van der Waals surface area contributed by atoms with Crippen LogP contribution in [-0.4, -0.2) is 36.0 Å². The van der Waals surface area contributed by atoms with Crippen molar-refractivity contribution < 1.29 is 4.79 Å². The highest BCUT2D eigenvalue weighted by molar-refractivity contribution is 7.99. The second kappa shape index (κ2) is 10.3. The number of rotatable bonds is 9. The molecule has 0 radical (unpaired) electrons. The maximum atomic E-state index is 12.4. The van der Waals surface area contributed by atoms with E-state index in [1.165, 1.54) is 17.3 Å². The van der Waals surface area contributed by atoms with Crippen molar-refractivity contribution in [1.82, 2.24) is 29.6 Å². The second-order valence-corrected chi connectivity index (χ2v) is 8.42. The van der Waals surface area contributed by atoms with Gasteiger partial charge in [-0.1, -0.05) is 60.3 Å². The minimum atomic E-state index is -0.0272. The molecular weight excluding hydrogens is 420 g/mol. The lowest BCUT2D eigenvalue weighted by molar-refractivity contribution is -0.118. The van der Waals surface area contributed by atoms with Gasteiger partial charge in [0.25, 0.3) is 0 Å². The Kier molecular flexibility index (Phi) is 7.01. The number of benzene rings is 2. The number of aryl methyl sites for hydroxylation is 1. The van der Waals surface area contributed by atoms with E-state index >= 15 is 0 Å². The first-order valence-corrected chi connectivity index (χ1v) is 11.5. The molecule has 0 aliphatic rings. The smallest absolute Gasteiger partial charge is 0.230 e. The molecule has 0 spiro atoms. The third kappa shape index (κ3) is 5.26. The number of carbonyl (C=O) groups is 1. The van der Waals surface area contributed by atoms with Gasteiger partial charge in [0.2, 0.25) is 5.91 Å². The largest absolute Gasteiger partial charge is 0.351 e. The molecule has 0 fully saturated rings. The van der Waals surface area contributed by atoms with Crippen LogP contribution in [0.3, 0.4) is 0 Å². The molecule has 0 saturated carbocycles. The van der Waals surface area contributed by atoms with Gasteiger partial charge < -0.3 is 14.5 Å². The molecular formula is C24H26N6OS. The Hall–Kier alpha value is -3.39. The molecule has 2 aromatic carbocycles. The molecule has 164 valence electrons. The van der Waals surface area contributed by atoms with Gasteiger partial charge in [-0.3, -0.25) is 4.79 Å². The number of thioether (sulfide) groups is 1. The SMILES string of the molecule is CCn1c(SCC(=O)NCc2ccc(Cn3ccnc3)cc2)nnc1-c1ccccc1C. The first-order chi connectivity index (χ1) is 15.6. The van der Waals surface area contributed by atoms with Crippen LogP contribution in [0.15, 0.2) is 72.4 Å². The first-order valence-electron chi connectivity index (χ1n) is 10.6. The van der Waals surface area contributed by atoms with E-state index in [0.29, 0.717) is 12.3 Å². The summed E-state index contributed by atoms with van der Waals surface area (Å²) in [5, 5.41) is 12.4. The van der Waals surface area contributed by atoms with E-state index in [1.807, 2.05) is 41.1 Å². The lowest BCUT2D eigenvalue weighted by atomic mass is 10.1. The van der Waals surface area contributed by atoms with Gasteiger partial charge in [-0.2, -0.15) is 0 Å². The molecule has 32 heavy (non-hydrogen) atoms. The Bertz CT molecular complexity index is 1170. The van der Waals surface area contributed by atoms with Crippen LogP contribution in [0.1, 0.15) is 23.6 Å². The zero-order valence-electron chi connectivity index (χ0n) is 18.2. The van der Waals surface area contributed by atoms with Crippen molar-refractivity contribution in [3.63, 3.8) is 0 Å². The highest BCUT2D eigenvalue weighted by Gasteiger charge is 2.15. The van der Waals surface area contributed by atoms with Gasteiger partial charge in [-0.05, 0) is 30.5 Å². The summed E-state index contributed by atoms with van der Waals surface area (Å²) in [6.07, 6.45) is 5.51. The molecule has 4 rings (SSSR count). The summed E-state index contributed by atoms with van der Waals surface area (Å²) >= 11 is 1.41. The predicted octanol–water partition coefficient (Wildman–Crippen LogP) is 3.93. The summed E-state index contributed by atoms with van der Waals surface area (Å²) in [5.74, 6) is 1.11. The average molecular weight is 447 g/mol. The number of carbonyl (C=O) groups excluding carboxylic acids is 1. The second-order valence-electron chi connectivity index (χ2n) is 7.48. The van der Waals surface area contributed by atoms with Gasteiger partial charge in [0.1, 0.15) is 0 Å². The van der Waals surface area contributed by atoms with E-state index in [-0.39, 0.29) is 5.91 Å². The van der Waals surface area contributed by atoms with Crippen molar-refractivity contribution in [3.8, 4) is 11.4 Å². The lowest BCUT2D eigenvalue weighted by Crippen LogP contribution is -2.24. The molecule has 8 heteroatoms. The number of amides is 1. The number of nitrogens with one attached hydrogen (secondary N) is 1. The van der Waals surface area contributed by atoms with Crippen molar-refractivity contribution in [2.75, 3.05) is 5.75 Å². The summed E-state index contributed by atoms with van der Waals surface area (Å²) in [7, 11) is 0. The van der Waals surface area contributed by atoms with E-state index in [1.54, 1.807) is 12.5 Å². The van der Waals surface area contributed by atoms with Crippen molar-refractivity contribution >= 4 is 17.7 Å². The third-order valence-electron chi connectivity index (χ3n) is 5.19. The highest BCUT2D eigenvalue weighted by atomic mass is 32.2. The summed E-state index contributed by atoms with van der Waals surface area (Å²) in [6.45, 7) is 6.15. The summed E-state index contributed by atoms with van der Waals surface area (Å²) < 4.78 is 4.08. The molecule has 0 aliphatic heterocycles. The monoisotopic (exact) mass is 446 g/mol. The van der Waals surface area contributed by atoms with Crippen LogP contribution >= 0.6 is 11.8 Å². The van der Waals surface area contributed by atoms with E-state index in [0.717, 1.165) is 40.8 Å². The molecule has 0 saturated heterocycles. The number of imidazole rings is 1. The zero-order chi connectivity index (χ0) is 22.3. The van der Waals surface area contributed by atoms with Crippen LogP contribution in [-0.2, 0) is 24.4 Å². The van der Waals surface area contributed by atoms with Gasteiger partial charge in [-0.15, -0.1) is 10.2 Å². The zero-order valence-corrected chi connectivity index (χ0v) is 19.0. The molecule has 2 aromatic heterocycles. The van der Waals surface area contributed by atoms with Gasteiger partial charge >= 0.3 is 0 Å². The maximum Gasteiger partial charge on any atom is 0.230 e. The average Bonchev–Trinajstić information content (AvgIpc) is 3.47. The van der Waals surface area contributed by atoms with Crippen LogP contribution in [0.25, 0.3) is 11.4 Å². The fourth-order valence-electron chi connectivity index (χ4n) is 3.44. The number of hydrogen-bond acceptors (Lipinski definition) is 5. The fourth-order valence-corrected chi connectivity index (χ4v) is 4.27. The highest BCUT2D eigenvalue weighted by Crippen LogP contribution is 2.26. The van der Waals surface area contributed by atoms with Crippen molar-refractivity contribution in [2.45, 2.75) is 38.6 Å². The van der Waals surface area contributed by atoms with E-state index in [9.17, 15) is 4.79 Å². The Labute approximate surface area is 191 Å². The topological polar surface area (TPSA) is 77.6 Å². The summed E-state index contributed by atoms with van der Waals surface area (Å²) in [6, 6.07) is 16.4. The van der Waals surface area contributed by atoms with Gasteiger partial charge in [0.05, 0.1) is 12.1 Å². The number of aromatic nitrogens is 5. The predicted molar refractivity (Wildman–Crippen MR) is 126 cm³/mol. The standard InChI is InChI=1S/C24H26N6OS/c1-3-30-23(21-7-5-4-6-18(21)2)27-28-24(30)32-16-22(31)26-14-19-8-10-20(11-9-19)15-29-13-12-25-17-29/h4-13,17H,3,14-16H2,1-2H3,(H,26,31). The van der Waals surface area contributed by atoms with Crippen molar-refractivity contribution in [2.24, 2.45) is 0 Å². The van der Waals surface area contributed by atoms with Crippen LogP contribution in [0.5, 0.6) is 0 Å². The third-order valence-corrected chi connectivity index (χ3v) is 6.16. The number of hydrogen-bond donors (Lipinski definition) is 1. The molecule has 4 aromatic rings. The van der Waals surface area contributed by atoms with E-state index in [2.05, 4.69) is 57.1 Å². The number of nitrogens with zero attached hydrogens (tertiary/aromatic N) is 5. The Morgan fingerprint density at radius 3 is 2.56 bits per heavy atom. The molecule has 7 nitrogen and oxygen atoms in total. The minimum Gasteiger partial charge on any atom is -0.351 e. The lowest BCUT2D eigenvalue weighted by Gasteiger charge is -2.09. The van der Waals surface area contributed by atoms with Gasteiger partial charge in [0, 0.05) is 37.6 Å². The van der Waals surface area contributed by atoms with Crippen LogP contribution < -0.4 is 5.32 Å². The molecule has 1 N–H and O–H groups in total. The van der Waals surface area contributed by atoms with Crippen molar-refractivity contribution in [1.29, 1.82) is 0 Å². The minimum absolute atomic E-state index is 0.0272. The Morgan fingerprint density at radius 2 is 1.84 bits per heavy atom. The van der Waals surface area contributed by atoms with E-state index < -0.39 is 0 Å². The maximum absolute atomic E-state index is 12.4. The van der Waals surface area contributed by atoms with E-state index in [4.69, 9.17) is 0 Å². The summed E-state index contributed by atoms with van der Waals surface area (Å²) in [4.78, 5) is 16.5. The molecule has 0 atom stereocenters. The normalized spacial score (nSPS) is 10.9. The van der Waals surface area contributed by atoms with Gasteiger partial charge in [0.15, 0.2) is 11.0 Å². The van der Waals surface area contributed by atoms with Crippen LogP contribution in [0.4, 0.5) is 0 Å². The summed E-state index contributed by atoms with van der Waals surface area (Å²) in [5.41, 5.74) is 4.47. The molecule has 0 bridgehead atoms. The Morgan fingerprint density at radius 1 is 1.06 bits per heavy atom. The van der Waals surface area contributed by atoms with Gasteiger partial charge in [-0.25, -0.2) is 4.98 Å². The van der Waals surface area contributed by atoms with Crippen molar-refractivity contribution in [3.05, 3.63) is 83.9 Å². The van der Waals surface area contributed by atoms with Crippen LogP contribution in [0.2, 0.25) is 0 Å². The quantitative estimate of drug-likeness (QED) is 0.394. The molecule has 0 unspecified atom stereocenters. The first kappa shape index (κ1) is 21.8. The molecule has 1 amide bonds. The molecule has 0 aliphatic carbocycles. The fraction of sp³-hybridized carbons (Fsp3) is 0.250. The van der Waals surface area contributed by atoms with Crippen LogP contribution in [0, 0.1) is 6.92 Å². The Balaban J connectivity index is 1.30. The molecule has 2 heterocycles.